The number of amides is 2. The third-order valence-electron chi connectivity index (χ3n) is 5.32. The third-order valence-corrected chi connectivity index (χ3v) is 5.32. The van der Waals surface area contributed by atoms with Crippen molar-refractivity contribution < 1.29 is 4.79 Å². The second kappa shape index (κ2) is 7.20. The molecule has 1 aliphatic carbocycles. The Morgan fingerprint density at radius 2 is 2.08 bits per heavy atom. The first-order valence-corrected chi connectivity index (χ1v) is 9.21. The van der Waals surface area contributed by atoms with E-state index in [1.807, 2.05) is 36.1 Å². The summed E-state index contributed by atoms with van der Waals surface area (Å²) in [4.78, 5) is 12.3. The van der Waals surface area contributed by atoms with Crippen molar-refractivity contribution in [1.29, 1.82) is 0 Å². The number of nitrogens with zero attached hydrogens (tertiary/aromatic N) is 2. The molecule has 2 amide bonds. The number of urea groups is 1. The molecule has 0 saturated heterocycles. The Kier molecular flexibility index (Phi) is 4.61. The van der Waals surface area contributed by atoms with Crippen LogP contribution >= 0.6 is 0 Å². The van der Waals surface area contributed by atoms with Gasteiger partial charge in [0.2, 0.25) is 0 Å². The Morgan fingerprint density at radius 3 is 3.00 bits per heavy atom. The molecule has 1 heterocycles. The fraction of sp³-hybridized carbons (Fsp3) is 0.333. The summed E-state index contributed by atoms with van der Waals surface area (Å²) >= 11 is 0. The van der Waals surface area contributed by atoms with Gasteiger partial charge in [0.25, 0.3) is 0 Å². The molecule has 1 atom stereocenters. The van der Waals surface area contributed by atoms with Gasteiger partial charge in [-0.2, -0.15) is 5.10 Å². The molecule has 1 aliphatic rings. The molecule has 5 heteroatoms. The SMILES string of the molecule is Cn1ncc2c(CNC(=O)NCC3CCCc4ccccc43)cccc21. The minimum atomic E-state index is -0.117. The Hall–Kier alpha value is -2.82. The number of hydrogen-bond donors (Lipinski definition) is 2. The molecule has 0 radical (unpaired) electrons. The van der Waals surface area contributed by atoms with Gasteiger partial charge in [-0.05, 0) is 42.0 Å². The molecule has 0 bridgehead atoms. The quantitative estimate of drug-likeness (QED) is 0.758. The van der Waals surface area contributed by atoms with Gasteiger partial charge in [-0.25, -0.2) is 4.79 Å². The van der Waals surface area contributed by atoms with E-state index in [9.17, 15) is 4.79 Å². The Labute approximate surface area is 153 Å². The fourth-order valence-corrected chi connectivity index (χ4v) is 3.91. The second-order valence-corrected chi connectivity index (χ2v) is 6.97. The Balaban J connectivity index is 1.35. The van der Waals surface area contributed by atoms with Crippen LogP contribution < -0.4 is 10.6 Å². The highest BCUT2D eigenvalue weighted by Gasteiger charge is 2.20. The van der Waals surface area contributed by atoms with Crippen LogP contribution in [-0.4, -0.2) is 22.4 Å². The van der Waals surface area contributed by atoms with Crippen molar-refractivity contribution in [3.05, 3.63) is 65.4 Å². The first-order chi connectivity index (χ1) is 12.7. The molecule has 0 saturated carbocycles. The van der Waals surface area contributed by atoms with Crippen LogP contribution in [0.15, 0.2) is 48.7 Å². The summed E-state index contributed by atoms with van der Waals surface area (Å²) in [6.07, 6.45) is 5.32. The van der Waals surface area contributed by atoms with E-state index < -0.39 is 0 Å². The number of carbonyl (C=O) groups is 1. The molecule has 0 spiro atoms. The van der Waals surface area contributed by atoms with Gasteiger partial charge in [-0.3, -0.25) is 4.68 Å². The van der Waals surface area contributed by atoms with Crippen LogP contribution in [0.1, 0.15) is 35.4 Å². The topological polar surface area (TPSA) is 59.0 Å². The van der Waals surface area contributed by atoms with Crippen molar-refractivity contribution in [2.45, 2.75) is 31.7 Å². The third kappa shape index (κ3) is 3.29. The van der Waals surface area contributed by atoms with Crippen LogP contribution in [0.25, 0.3) is 10.9 Å². The summed E-state index contributed by atoms with van der Waals surface area (Å²) in [6, 6.07) is 14.5. The summed E-state index contributed by atoms with van der Waals surface area (Å²) in [5, 5.41) is 11.4. The molecule has 1 aromatic heterocycles. The standard InChI is InChI=1S/C21H24N4O/c1-25-20-11-5-9-17(19(20)14-24-25)13-23-21(26)22-12-16-8-4-7-15-6-2-3-10-18(15)16/h2-3,5-6,9-11,14,16H,4,7-8,12-13H2,1H3,(H2,22,23,26). The first-order valence-electron chi connectivity index (χ1n) is 9.21. The highest BCUT2D eigenvalue weighted by molar-refractivity contribution is 5.83. The molecule has 0 aliphatic heterocycles. The van der Waals surface area contributed by atoms with E-state index in [-0.39, 0.29) is 6.03 Å². The molecule has 3 aromatic rings. The second-order valence-electron chi connectivity index (χ2n) is 6.97. The van der Waals surface area contributed by atoms with E-state index >= 15 is 0 Å². The van der Waals surface area contributed by atoms with Gasteiger partial charge in [0, 0.05) is 31.4 Å². The minimum Gasteiger partial charge on any atom is -0.338 e. The molecule has 26 heavy (non-hydrogen) atoms. The van der Waals surface area contributed by atoms with Crippen LogP contribution in [0, 0.1) is 0 Å². The van der Waals surface area contributed by atoms with Crippen molar-refractivity contribution in [1.82, 2.24) is 20.4 Å². The maximum Gasteiger partial charge on any atom is 0.315 e. The van der Waals surface area contributed by atoms with E-state index in [0.717, 1.165) is 29.3 Å². The van der Waals surface area contributed by atoms with Gasteiger partial charge in [0.1, 0.15) is 0 Å². The number of carbonyl (C=O) groups excluding carboxylic acids is 1. The lowest BCUT2D eigenvalue weighted by Gasteiger charge is -2.25. The predicted molar refractivity (Wildman–Crippen MR) is 103 cm³/mol. The smallest absolute Gasteiger partial charge is 0.315 e. The summed E-state index contributed by atoms with van der Waals surface area (Å²) in [5.41, 5.74) is 4.96. The summed E-state index contributed by atoms with van der Waals surface area (Å²) in [7, 11) is 1.92. The van der Waals surface area contributed by atoms with E-state index in [2.05, 4.69) is 40.0 Å². The number of aryl methyl sites for hydroxylation is 2. The van der Waals surface area contributed by atoms with Crippen molar-refractivity contribution >= 4 is 16.9 Å². The molecule has 4 rings (SSSR count). The van der Waals surface area contributed by atoms with E-state index in [4.69, 9.17) is 0 Å². The van der Waals surface area contributed by atoms with E-state index in [0.29, 0.717) is 19.0 Å². The minimum absolute atomic E-state index is 0.117. The molecule has 2 N–H and O–H groups in total. The fourth-order valence-electron chi connectivity index (χ4n) is 3.91. The van der Waals surface area contributed by atoms with Crippen LogP contribution in [-0.2, 0) is 20.0 Å². The number of hydrogen-bond acceptors (Lipinski definition) is 2. The number of rotatable bonds is 4. The summed E-state index contributed by atoms with van der Waals surface area (Å²) in [5.74, 6) is 0.410. The summed E-state index contributed by atoms with van der Waals surface area (Å²) in [6.45, 7) is 1.18. The average Bonchev–Trinajstić information content (AvgIpc) is 3.06. The molecule has 1 unspecified atom stereocenters. The van der Waals surface area contributed by atoms with Crippen molar-refractivity contribution in [3.63, 3.8) is 0 Å². The first kappa shape index (κ1) is 16.6. The van der Waals surface area contributed by atoms with Crippen LogP contribution in [0.3, 0.4) is 0 Å². The van der Waals surface area contributed by atoms with Gasteiger partial charge in [0.15, 0.2) is 0 Å². The zero-order valence-corrected chi connectivity index (χ0v) is 15.0. The number of benzene rings is 2. The monoisotopic (exact) mass is 348 g/mol. The van der Waals surface area contributed by atoms with Gasteiger partial charge < -0.3 is 10.6 Å². The van der Waals surface area contributed by atoms with E-state index in [1.54, 1.807) is 0 Å². The lowest BCUT2D eigenvalue weighted by Crippen LogP contribution is -2.38. The predicted octanol–water partition coefficient (Wildman–Crippen LogP) is 3.49. The van der Waals surface area contributed by atoms with Crippen molar-refractivity contribution in [3.8, 4) is 0 Å². The molecule has 134 valence electrons. The molecular formula is C21H24N4O. The van der Waals surface area contributed by atoms with Gasteiger partial charge >= 0.3 is 6.03 Å². The maximum absolute atomic E-state index is 12.3. The number of aromatic nitrogens is 2. The van der Waals surface area contributed by atoms with Crippen molar-refractivity contribution in [2.24, 2.45) is 7.05 Å². The normalized spacial score (nSPS) is 16.3. The lowest BCUT2D eigenvalue weighted by atomic mass is 9.83. The number of fused-ring (bicyclic) bond motifs is 2. The Morgan fingerprint density at radius 1 is 1.19 bits per heavy atom. The van der Waals surface area contributed by atoms with Gasteiger partial charge in [-0.1, -0.05) is 36.4 Å². The van der Waals surface area contributed by atoms with Crippen molar-refractivity contribution in [2.75, 3.05) is 6.54 Å². The molecular weight excluding hydrogens is 324 g/mol. The van der Waals surface area contributed by atoms with E-state index in [1.165, 1.54) is 17.5 Å². The zero-order chi connectivity index (χ0) is 17.9. The van der Waals surface area contributed by atoms with Crippen LogP contribution in [0.5, 0.6) is 0 Å². The number of nitrogens with one attached hydrogen (secondary N) is 2. The summed E-state index contributed by atoms with van der Waals surface area (Å²) < 4.78 is 1.85. The van der Waals surface area contributed by atoms with Gasteiger partial charge in [-0.15, -0.1) is 0 Å². The average molecular weight is 348 g/mol. The lowest BCUT2D eigenvalue weighted by molar-refractivity contribution is 0.239. The van der Waals surface area contributed by atoms with Crippen LogP contribution in [0.2, 0.25) is 0 Å². The zero-order valence-electron chi connectivity index (χ0n) is 15.0. The van der Waals surface area contributed by atoms with Gasteiger partial charge in [0.05, 0.1) is 11.7 Å². The highest BCUT2D eigenvalue weighted by Crippen LogP contribution is 2.30. The molecule has 0 fully saturated rings. The molecule has 5 nitrogen and oxygen atoms in total. The molecule has 2 aromatic carbocycles. The van der Waals surface area contributed by atoms with Crippen LogP contribution in [0.4, 0.5) is 4.79 Å². The highest BCUT2D eigenvalue weighted by atomic mass is 16.2. The Bertz CT molecular complexity index is 931. The maximum atomic E-state index is 12.3. The largest absolute Gasteiger partial charge is 0.338 e.